The average molecular weight is 423 g/mol. The SMILES string of the molecule is CC(=O)S(=O)(=O)Nc1cccc(-c2nn(-c3cnn(C)c3)c(=O)c3ccccc23)c1. The first-order valence-corrected chi connectivity index (χ1v) is 10.4. The molecular formula is C20H17N5O4S. The van der Waals surface area contributed by atoms with Crippen LogP contribution >= 0.6 is 0 Å². The number of rotatable bonds is 4. The van der Waals surface area contributed by atoms with Crippen LogP contribution in [0, 0.1) is 0 Å². The van der Waals surface area contributed by atoms with E-state index in [1.54, 1.807) is 60.4 Å². The van der Waals surface area contributed by atoms with E-state index < -0.39 is 15.1 Å². The third-order valence-corrected chi connectivity index (χ3v) is 5.77. The number of carbonyl (C=O) groups excluding carboxylic acids is 1. The van der Waals surface area contributed by atoms with Gasteiger partial charge in [0.25, 0.3) is 20.7 Å². The molecule has 9 nitrogen and oxygen atoms in total. The van der Waals surface area contributed by atoms with Crippen LogP contribution in [-0.2, 0) is 21.9 Å². The molecule has 0 fully saturated rings. The molecule has 0 radical (unpaired) electrons. The lowest BCUT2D eigenvalue weighted by molar-refractivity contribution is -0.109. The van der Waals surface area contributed by atoms with Crippen molar-refractivity contribution >= 4 is 31.6 Å². The molecule has 0 spiro atoms. The van der Waals surface area contributed by atoms with Crippen LogP contribution in [0.15, 0.2) is 65.7 Å². The van der Waals surface area contributed by atoms with E-state index in [9.17, 15) is 18.0 Å². The van der Waals surface area contributed by atoms with Crippen molar-refractivity contribution < 1.29 is 13.2 Å². The molecule has 0 aliphatic carbocycles. The maximum Gasteiger partial charge on any atom is 0.295 e. The Morgan fingerprint density at radius 1 is 1.07 bits per heavy atom. The molecular weight excluding hydrogens is 406 g/mol. The second kappa shape index (κ2) is 7.23. The quantitative estimate of drug-likeness (QED) is 0.537. The van der Waals surface area contributed by atoms with Crippen LogP contribution in [0.3, 0.4) is 0 Å². The summed E-state index contributed by atoms with van der Waals surface area (Å²) in [5, 5.41) is 8.72. The Morgan fingerprint density at radius 3 is 2.47 bits per heavy atom. The van der Waals surface area contributed by atoms with E-state index >= 15 is 0 Å². The fraction of sp³-hybridized carbons (Fsp3) is 0.100. The zero-order chi connectivity index (χ0) is 21.5. The van der Waals surface area contributed by atoms with Gasteiger partial charge in [-0.3, -0.25) is 19.0 Å². The van der Waals surface area contributed by atoms with Crippen molar-refractivity contribution in [1.29, 1.82) is 0 Å². The summed E-state index contributed by atoms with van der Waals surface area (Å²) in [4.78, 5) is 24.3. The number of hydrogen-bond donors (Lipinski definition) is 1. The van der Waals surface area contributed by atoms with Crippen LogP contribution in [-0.4, -0.2) is 33.1 Å². The molecule has 2 aromatic heterocycles. The number of hydrogen-bond acceptors (Lipinski definition) is 6. The topological polar surface area (TPSA) is 116 Å². The van der Waals surface area contributed by atoms with E-state index in [2.05, 4.69) is 14.9 Å². The van der Waals surface area contributed by atoms with Gasteiger partial charge >= 0.3 is 0 Å². The van der Waals surface area contributed by atoms with Crippen LogP contribution in [0.4, 0.5) is 5.69 Å². The lowest BCUT2D eigenvalue weighted by atomic mass is 10.0. The summed E-state index contributed by atoms with van der Waals surface area (Å²) in [5.41, 5.74) is 1.48. The third-order valence-electron chi connectivity index (χ3n) is 4.51. The maximum atomic E-state index is 13.0. The van der Waals surface area contributed by atoms with Crippen molar-refractivity contribution in [2.24, 2.45) is 7.05 Å². The Hall–Kier alpha value is -3.79. The summed E-state index contributed by atoms with van der Waals surface area (Å²) in [7, 11) is -2.39. The van der Waals surface area contributed by atoms with E-state index in [4.69, 9.17) is 0 Å². The van der Waals surface area contributed by atoms with Gasteiger partial charge in [0.15, 0.2) is 0 Å². The van der Waals surface area contributed by atoms with Gasteiger partial charge in [-0.25, -0.2) is 0 Å². The van der Waals surface area contributed by atoms with E-state index in [0.29, 0.717) is 27.7 Å². The standard InChI is InChI=1S/C20H17N5O4S/c1-13(26)30(28,29)23-15-7-5-6-14(10-15)19-17-8-3-4-9-18(17)20(27)25(22-19)16-11-21-24(2)12-16/h3-12,23H,1-2H3. The number of aromatic nitrogens is 4. The maximum absolute atomic E-state index is 13.0. The smallest absolute Gasteiger partial charge is 0.280 e. The molecule has 4 aromatic rings. The first kappa shape index (κ1) is 19.5. The van der Waals surface area contributed by atoms with Gasteiger partial charge in [-0.15, -0.1) is 0 Å². The highest BCUT2D eigenvalue weighted by atomic mass is 32.2. The van der Waals surface area contributed by atoms with Gasteiger partial charge < -0.3 is 0 Å². The van der Waals surface area contributed by atoms with Gasteiger partial charge in [-0.1, -0.05) is 30.3 Å². The highest BCUT2D eigenvalue weighted by Gasteiger charge is 2.18. The van der Waals surface area contributed by atoms with Gasteiger partial charge in [0, 0.05) is 30.6 Å². The van der Waals surface area contributed by atoms with Crippen molar-refractivity contribution in [2.45, 2.75) is 6.92 Å². The molecule has 4 rings (SSSR count). The summed E-state index contributed by atoms with van der Waals surface area (Å²) in [6.07, 6.45) is 3.20. The lowest BCUT2D eigenvalue weighted by Crippen LogP contribution is -2.22. The number of nitrogens with zero attached hydrogens (tertiary/aromatic N) is 4. The highest BCUT2D eigenvalue weighted by Crippen LogP contribution is 2.27. The lowest BCUT2D eigenvalue weighted by Gasteiger charge is -2.11. The number of fused-ring (bicyclic) bond motifs is 1. The molecule has 2 heterocycles. The largest absolute Gasteiger partial charge is 0.295 e. The van der Waals surface area contributed by atoms with E-state index in [1.807, 2.05) is 0 Å². The Balaban J connectivity index is 1.93. The average Bonchev–Trinajstić information content (AvgIpc) is 3.14. The number of sulfonamides is 1. The van der Waals surface area contributed by atoms with Crippen LogP contribution < -0.4 is 10.3 Å². The summed E-state index contributed by atoms with van der Waals surface area (Å²) < 4.78 is 28.9. The van der Waals surface area contributed by atoms with Gasteiger partial charge in [0.05, 0.1) is 23.5 Å². The van der Waals surface area contributed by atoms with Crippen molar-refractivity contribution in [3.63, 3.8) is 0 Å². The third kappa shape index (κ3) is 3.48. The Labute approximate surface area is 171 Å². The first-order valence-electron chi connectivity index (χ1n) is 8.91. The summed E-state index contributed by atoms with van der Waals surface area (Å²) in [5.74, 6) is 0. The second-order valence-corrected chi connectivity index (χ2v) is 8.45. The predicted molar refractivity (Wildman–Crippen MR) is 113 cm³/mol. The monoisotopic (exact) mass is 423 g/mol. The molecule has 10 heteroatoms. The molecule has 0 saturated carbocycles. The number of nitrogens with one attached hydrogen (secondary N) is 1. The summed E-state index contributed by atoms with van der Waals surface area (Å²) in [6.45, 7) is 0.977. The summed E-state index contributed by atoms with van der Waals surface area (Å²) in [6, 6.07) is 13.5. The van der Waals surface area contributed by atoms with E-state index in [1.165, 1.54) is 16.9 Å². The van der Waals surface area contributed by atoms with Crippen molar-refractivity contribution in [2.75, 3.05) is 4.72 Å². The molecule has 0 saturated heterocycles. The molecule has 0 amide bonds. The second-order valence-electron chi connectivity index (χ2n) is 6.66. The minimum Gasteiger partial charge on any atom is -0.280 e. The summed E-state index contributed by atoms with van der Waals surface area (Å²) >= 11 is 0. The highest BCUT2D eigenvalue weighted by molar-refractivity contribution is 8.07. The Bertz CT molecular complexity index is 1450. The predicted octanol–water partition coefficient (Wildman–Crippen LogP) is 2.07. The minimum atomic E-state index is -4.12. The molecule has 0 bridgehead atoms. The fourth-order valence-corrected chi connectivity index (χ4v) is 3.63. The molecule has 2 aromatic carbocycles. The normalized spacial score (nSPS) is 11.5. The van der Waals surface area contributed by atoms with Crippen molar-refractivity contribution in [1.82, 2.24) is 19.6 Å². The molecule has 1 N–H and O–H groups in total. The Kier molecular flexibility index (Phi) is 4.70. The van der Waals surface area contributed by atoms with Gasteiger partial charge in [0.1, 0.15) is 5.69 Å². The molecule has 152 valence electrons. The van der Waals surface area contributed by atoms with Gasteiger partial charge in [-0.2, -0.15) is 23.3 Å². The number of carbonyl (C=O) groups is 1. The van der Waals surface area contributed by atoms with Crippen molar-refractivity contribution in [3.05, 3.63) is 71.3 Å². The van der Waals surface area contributed by atoms with Crippen LogP contribution in [0.25, 0.3) is 27.7 Å². The number of benzene rings is 2. The van der Waals surface area contributed by atoms with E-state index in [-0.39, 0.29) is 11.2 Å². The van der Waals surface area contributed by atoms with Gasteiger partial charge in [0.2, 0.25) is 0 Å². The zero-order valence-electron chi connectivity index (χ0n) is 16.1. The number of anilines is 1. The van der Waals surface area contributed by atoms with Crippen LogP contribution in [0.5, 0.6) is 0 Å². The van der Waals surface area contributed by atoms with E-state index in [0.717, 1.165) is 6.92 Å². The molecule has 0 aliphatic rings. The molecule has 0 unspecified atom stereocenters. The molecule has 0 aliphatic heterocycles. The first-order chi connectivity index (χ1) is 14.3. The molecule has 30 heavy (non-hydrogen) atoms. The fourth-order valence-electron chi connectivity index (χ4n) is 3.05. The van der Waals surface area contributed by atoms with Gasteiger partial charge in [-0.05, 0) is 18.2 Å². The number of aryl methyl sites for hydroxylation is 1. The zero-order valence-corrected chi connectivity index (χ0v) is 16.9. The van der Waals surface area contributed by atoms with Crippen LogP contribution in [0.2, 0.25) is 0 Å². The Morgan fingerprint density at radius 2 is 1.80 bits per heavy atom. The minimum absolute atomic E-state index is 0.215. The van der Waals surface area contributed by atoms with Crippen LogP contribution in [0.1, 0.15) is 6.92 Å². The molecule has 0 atom stereocenters. The van der Waals surface area contributed by atoms with Crippen molar-refractivity contribution in [3.8, 4) is 16.9 Å².